The second-order valence-electron chi connectivity index (χ2n) is 6.50. The zero-order chi connectivity index (χ0) is 19.3. The number of nitrogens with one attached hydrogen (secondary N) is 1. The number of rotatable bonds is 7. The van der Waals surface area contributed by atoms with Gasteiger partial charge in [0, 0.05) is 18.7 Å². The normalized spacial score (nSPS) is 17.5. The molecule has 0 radical (unpaired) electrons. The molecule has 1 heterocycles. The van der Waals surface area contributed by atoms with E-state index in [1.807, 2.05) is 13.8 Å². The largest absolute Gasteiger partial charge is 0.467 e. The minimum Gasteiger partial charge on any atom is -0.467 e. The Labute approximate surface area is 154 Å². The van der Waals surface area contributed by atoms with Gasteiger partial charge in [-0.1, -0.05) is 20.3 Å². The first kappa shape index (κ1) is 20.4. The molecule has 1 N–H and O–H groups in total. The number of hydrogen-bond donors (Lipinski definition) is 1. The molecule has 1 fully saturated rings. The van der Waals surface area contributed by atoms with Gasteiger partial charge in [-0.25, -0.2) is 13.2 Å². The molecular weight excluding hydrogens is 356 g/mol. The van der Waals surface area contributed by atoms with Crippen molar-refractivity contribution in [2.45, 2.75) is 44.0 Å². The van der Waals surface area contributed by atoms with Crippen molar-refractivity contribution in [3.05, 3.63) is 29.8 Å². The highest BCUT2D eigenvalue weighted by atomic mass is 32.2. The maximum absolute atomic E-state index is 12.5. The summed E-state index contributed by atoms with van der Waals surface area (Å²) in [6, 6.07) is 5.04. The summed E-state index contributed by atoms with van der Waals surface area (Å²) < 4.78 is 31.2. The summed E-state index contributed by atoms with van der Waals surface area (Å²) >= 11 is 0. The molecule has 1 aliphatic rings. The Balaban J connectivity index is 2.14. The van der Waals surface area contributed by atoms with E-state index in [1.165, 1.54) is 35.7 Å². The van der Waals surface area contributed by atoms with Crippen LogP contribution < -0.4 is 5.32 Å². The predicted octanol–water partition coefficient (Wildman–Crippen LogP) is 1.79. The van der Waals surface area contributed by atoms with Crippen LogP contribution in [0.4, 0.5) is 0 Å². The Hall–Kier alpha value is -1.93. The average Bonchev–Trinajstić information content (AvgIpc) is 3.20. The van der Waals surface area contributed by atoms with Gasteiger partial charge >= 0.3 is 5.97 Å². The Bertz CT molecular complexity index is 739. The molecule has 0 saturated carbocycles. The van der Waals surface area contributed by atoms with Crippen molar-refractivity contribution in [1.82, 2.24) is 9.62 Å². The third-order valence-electron chi connectivity index (χ3n) is 4.77. The van der Waals surface area contributed by atoms with Crippen LogP contribution in [0, 0.1) is 5.92 Å². The van der Waals surface area contributed by atoms with E-state index >= 15 is 0 Å². The van der Waals surface area contributed by atoms with Gasteiger partial charge in [0.2, 0.25) is 10.0 Å². The molecule has 0 unspecified atom stereocenters. The molecule has 2 rings (SSSR count). The first-order valence-corrected chi connectivity index (χ1v) is 10.2. The van der Waals surface area contributed by atoms with E-state index in [1.54, 1.807) is 0 Å². The Kier molecular flexibility index (Phi) is 6.77. The van der Waals surface area contributed by atoms with Gasteiger partial charge in [0.1, 0.15) is 6.04 Å². The lowest BCUT2D eigenvalue weighted by Crippen LogP contribution is -2.45. The van der Waals surface area contributed by atoms with Crippen LogP contribution >= 0.6 is 0 Å². The third-order valence-corrected chi connectivity index (χ3v) is 6.69. The first-order valence-electron chi connectivity index (χ1n) is 8.80. The summed E-state index contributed by atoms with van der Waals surface area (Å²) in [5.41, 5.74) is 0.294. The highest BCUT2D eigenvalue weighted by Crippen LogP contribution is 2.21. The van der Waals surface area contributed by atoms with Crippen LogP contribution in [-0.4, -0.2) is 50.8 Å². The van der Waals surface area contributed by atoms with E-state index in [9.17, 15) is 18.0 Å². The fourth-order valence-electron chi connectivity index (χ4n) is 2.88. The molecule has 0 spiro atoms. The number of benzene rings is 1. The van der Waals surface area contributed by atoms with Crippen molar-refractivity contribution in [3.63, 3.8) is 0 Å². The molecule has 1 saturated heterocycles. The van der Waals surface area contributed by atoms with Crippen LogP contribution in [0.2, 0.25) is 0 Å². The maximum atomic E-state index is 12.5. The highest BCUT2D eigenvalue weighted by molar-refractivity contribution is 7.89. The summed E-state index contributed by atoms with van der Waals surface area (Å²) in [5, 5.41) is 2.67. The first-order chi connectivity index (χ1) is 12.3. The molecule has 1 aliphatic heterocycles. The number of methoxy groups -OCH3 is 1. The topological polar surface area (TPSA) is 92.8 Å². The van der Waals surface area contributed by atoms with Gasteiger partial charge < -0.3 is 10.1 Å². The van der Waals surface area contributed by atoms with Gasteiger partial charge in [-0.3, -0.25) is 4.79 Å². The lowest BCUT2D eigenvalue weighted by molar-refractivity contribution is -0.144. The van der Waals surface area contributed by atoms with E-state index in [0.717, 1.165) is 12.8 Å². The minimum absolute atomic E-state index is 0.0822. The molecule has 7 nitrogen and oxygen atoms in total. The minimum atomic E-state index is -3.51. The lowest BCUT2D eigenvalue weighted by Gasteiger charge is -2.22. The Morgan fingerprint density at radius 3 is 2.27 bits per heavy atom. The zero-order valence-corrected chi connectivity index (χ0v) is 16.2. The van der Waals surface area contributed by atoms with E-state index < -0.39 is 27.9 Å². The number of sulfonamides is 1. The molecule has 0 aliphatic carbocycles. The standard InChI is InChI=1S/C18H26N2O5S/c1-4-13(2)16(18(22)25-3)19-17(21)14-7-9-15(10-8-14)26(23,24)20-11-5-6-12-20/h7-10,13,16H,4-6,11-12H2,1-3H3,(H,19,21)/t13-,16+/m0/s1. The number of amides is 1. The summed E-state index contributed by atoms with van der Waals surface area (Å²) in [6.07, 6.45) is 2.43. The van der Waals surface area contributed by atoms with Crippen LogP contribution in [0.25, 0.3) is 0 Å². The second kappa shape index (κ2) is 8.64. The molecular formula is C18H26N2O5S. The quantitative estimate of drug-likeness (QED) is 0.726. The molecule has 1 aromatic carbocycles. The van der Waals surface area contributed by atoms with Crippen molar-refractivity contribution in [3.8, 4) is 0 Å². The second-order valence-corrected chi connectivity index (χ2v) is 8.43. The molecule has 0 bridgehead atoms. The zero-order valence-electron chi connectivity index (χ0n) is 15.4. The molecule has 8 heteroatoms. The molecule has 0 aromatic heterocycles. The fourth-order valence-corrected chi connectivity index (χ4v) is 4.39. The summed E-state index contributed by atoms with van der Waals surface area (Å²) in [6.45, 7) is 4.83. The highest BCUT2D eigenvalue weighted by Gasteiger charge is 2.29. The molecule has 2 atom stereocenters. The van der Waals surface area contributed by atoms with Gasteiger partial charge in [0.15, 0.2) is 0 Å². The molecule has 144 valence electrons. The van der Waals surface area contributed by atoms with Crippen LogP contribution in [0.1, 0.15) is 43.5 Å². The fraction of sp³-hybridized carbons (Fsp3) is 0.556. The number of nitrogens with zero attached hydrogens (tertiary/aromatic N) is 1. The van der Waals surface area contributed by atoms with Crippen molar-refractivity contribution in [2.75, 3.05) is 20.2 Å². The third kappa shape index (κ3) is 4.42. The van der Waals surface area contributed by atoms with E-state index in [-0.39, 0.29) is 10.8 Å². The van der Waals surface area contributed by atoms with Gasteiger partial charge in [-0.15, -0.1) is 0 Å². The van der Waals surface area contributed by atoms with Gasteiger partial charge in [0.05, 0.1) is 12.0 Å². The lowest BCUT2D eigenvalue weighted by atomic mass is 9.99. The number of hydrogen-bond acceptors (Lipinski definition) is 5. The predicted molar refractivity (Wildman–Crippen MR) is 97.2 cm³/mol. The smallest absolute Gasteiger partial charge is 0.328 e. The molecule has 26 heavy (non-hydrogen) atoms. The van der Waals surface area contributed by atoms with Crippen LogP contribution in [0.15, 0.2) is 29.2 Å². The Morgan fingerprint density at radius 2 is 1.77 bits per heavy atom. The van der Waals surface area contributed by atoms with E-state index in [4.69, 9.17) is 4.74 Å². The van der Waals surface area contributed by atoms with Gasteiger partial charge in [-0.05, 0) is 43.0 Å². The number of esters is 1. The monoisotopic (exact) mass is 382 g/mol. The van der Waals surface area contributed by atoms with Crippen molar-refractivity contribution in [1.29, 1.82) is 0 Å². The molecule has 1 aromatic rings. The summed E-state index contributed by atoms with van der Waals surface area (Å²) in [7, 11) is -2.23. The van der Waals surface area contributed by atoms with Crippen molar-refractivity contribution >= 4 is 21.9 Å². The van der Waals surface area contributed by atoms with E-state index in [0.29, 0.717) is 25.1 Å². The van der Waals surface area contributed by atoms with Crippen LogP contribution in [-0.2, 0) is 19.6 Å². The van der Waals surface area contributed by atoms with Gasteiger partial charge in [-0.2, -0.15) is 4.31 Å². The summed E-state index contributed by atoms with van der Waals surface area (Å²) in [4.78, 5) is 24.5. The van der Waals surface area contributed by atoms with E-state index in [2.05, 4.69) is 5.32 Å². The SMILES string of the molecule is CC[C@H](C)[C@@H](NC(=O)c1ccc(S(=O)(=O)N2CCCC2)cc1)C(=O)OC. The number of carbonyl (C=O) groups excluding carboxylic acids is 2. The van der Waals surface area contributed by atoms with Crippen molar-refractivity contribution < 1.29 is 22.7 Å². The van der Waals surface area contributed by atoms with Crippen LogP contribution in [0.5, 0.6) is 0 Å². The Morgan fingerprint density at radius 1 is 1.19 bits per heavy atom. The number of ether oxygens (including phenoxy) is 1. The van der Waals surface area contributed by atoms with Gasteiger partial charge in [0.25, 0.3) is 5.91 Å². The van der Waals surface area contributed by atoms with Crippen LogP contribution in [0.3, 0.4) is 0 Å². The molecule has 1 amide bonds. The summed E-state index contributed by atoms with van der Waals surface area (Å²) in [5.74, 6) is -1.02. The number of carbonyl (C=O) groups is 2. The average molecular weight is 382 g/mol. The maximum Gasteiger partial charge on any atom is 0.328 e. The van der Waals surface area contributed by atoms with Crippen molar-refractivity contribution in [2.24, 2.45) is 5.92 Å².